The molecule has 19 rings (SSSR count). The van der Waals surface area contributed by atoms with Gasteiger partial charge in [0, 0.05) is 50.4 Å². The number of benzene rings is 16. The van der Waals surface area contributed by atoms with E-state index in [1.54, 1.807) is 0 Å². The minimum absolute atomic E-state index is 0.194. The van der Waals surface area contributed by atoms with Crippen molar-refractivity contribution in [3.8, 4) is 33.4 Å². The normalized spacial score (nSPS) is 13.9. The summed E-state index contributed by atoms with van der Waals surface area (Å²) < 4.78 is 0. The van der Waals surface area contributed by atoms with Gasteiger partial charge in [-0.2, -0.15) is 0 Å². The van der Waals surface area contributed by atoms with Crippen LogP contribution in [0, 0.1) is 13.8 Å². The van der Waals surface area contributed by atoms with Gasteiger partial charge < -0.3 is 9.80 Å². The number of anilines is 6. The number of rotatable bonds is 18. The summed E-state index contributed by atoms with van der Waals surface area (Å²) in [6.45, 7) is 18.8. The Bertz CT molecular complexity index is 5840. The van der Waals surface area contributed by atoms with Crippen LogP contribution < -0.4 is 51.3 Å². The van der Waals surface area contributed by atoms with Gasteiger partial charge in [0.1, 0.15) is 0 Å². The molecule has 0 unspecified atom stereocenters. The minimum atomic E-state index is -2.72. The third kappa shape index (κ3) is 12.4. The van der Waals surface area contributed by atoms with Crippen LogP contribution in [-0.2, 0) is 16.2 Å². The largest absolute Gasteiger partial charge is 0.310 e. The summed E-state index contributed by atoms with van der Waals surface area (Å²) in [5.41, 5.74) is 29.3. The van der Waals surface area contributed by atoms with Crippen molar-refractivity contribution in [2.75, 3.05) is 9.80 Å². The Kier molecular flexibility index (Phi) is 18.2. The van der Waals surface area contributed by atoms with E-state index in [1.165, 1.54) is 142 Å². The van der Waals surface area contributed by atoms with E-state index in [1.807, 2.05) is 0 Å². The Morgan fingerprint density at radius 3 is 0.643 bits per heavy atom. The molecule has 3 aliphatic rings. The first-order chi connectivity index (χ1) is 56.1. The maximum atomic E-state index is 2.46. The van der Waals surface area contributed by atoms with E-state index in [2.05, 4.69) is 478 Å². The summed E-state index contributed by atoms with van der Waals surface area (Å²) >= 11 is 0. The molecule has 0 heterocycles. The molecule has 0 bridgehead atoms. The van der Waals surface area contributed by atoms with Crippen LogP contribution in [0.1, 0.15) is 108 Å². The fourth-order valence-corrected chi connectivity index (χ4v) is 29.1. The third-order valence-electron chi connectivity index (χ3n) is 25.4. The van der Waals surface area contributed by atoms with Crippen LogP contribution in [0.2, 0.25) is 0 Å². The van der Waals surface area contributed by atoms with Gasteiger partial charge in [-0.15, -0.1) is 0 Å². The molecule has 2 nitrogen and oxygen atoms in total. The molecule has 0 amide bonds. The van der Waals surface area contributed by atoms with Gasteiger partial charge in [0.05, 0.1) is 0 Å². The van der Waals surface area contributed by atoms with Crippen molar-refractivity contribution in [2.24, 2.45) is 0 Å². The zero-order valence-electron chi connectivity index (χ0n) is 66.7. The van der Waals surface area contributed by atoms with E-state index >= 15 is 0 Å². The molecule has 4 heteroatoms. The van der Waals surface area contributed by atoms with Gasteiger partial charge >= 0.3 is 0 Å². The molecule has 0 saturated carbocycles. The summed E-state index contributed by atoms with van der Waals surface area (Å²) in [5, 5.41) is 10.9. The molecule has 0 N–H and O–H groups in total. The molecule has 115 heavy (non-hydrogen) atoms. The molecule has 16 aromatic rings. The maximum Gasteiger partial charge on any atom is 0.179 e. The molecule has 0 radical (unpaired) electrons. The van der Waals surface area contributed by atoms with Gasteiger partial charge in [0.25, 0.3) is 0 Å². The lowest BCUT2D eigenvalue weighted by molar-refractivity contribution is 0.660. The number of hydrogen-bond acceptors (Lipinski definition) is 2. The van der Waals surface area contributed by atoms with E-state index < -0.39 is 16.1 Å². The molecule has 0 aromatic heterocycles. The van der Waals surface area contributed by atoms with Crippen molar-refractivity contribution in [3.05, 3.63) is 455 Å². The smallest absolute Gasteiger partial charge is 0.179 e. The Labute approximate surface area is 681 Å². The highest BCUT2D eigenvalue weighted by Gasteiger charge is 2.45. The maximum absolute atomic E-state index is 2.72. The average molecular weight is 1510 g/mol. The van der Waals surface area contributed by atoms with Crippen LogP contribution >= 0.6 is 0 Å². The summed E-state index contributed by atoms with van der Waals surface area (Å²) in [5.74, 6) is 0. The van der Waals surface area contributed by atoms with Crippen LogP contribution in [0.5, 0.6) is 0 Å². The van der Waals surface area contributed by atoms with E-state index in [4.69, 9.17) is 0 Å². The molecular formula is C111H92N2Si2. The molecule has 0 spiro atoms. The molecule has 3 aliphatic carbocycles. The van der Waals surface area contributed by atoms with E-state index in [9.17, 15) is 0 Å². The van der Waals surface area contributed by atoms with Crippen LogP contribution in [0.4, 0.5) is 34.1 Å². The molecule has 554 valence electrons. The fraction of sp³-hybridized carbons (Fsp3) is 0.0991. The van der Waals surface area contributed by atoms with Crippen LogP contribution in [0.15, 0.2) is 388 Å². The predicted octanol–water partition coefficient (Wildman–Crippen LogP) is 23.3. The molecule has 0 saturated heterocycles. The molecule has 0 atom stereocenters. The Morgan fingerprint density at radius 2 is 0.400 bits per heavy atom. The van der Waals surface area contributed by atoms with Crippen molar-refractivity contribution in [2.45, 2.75) is 71.6 Å². The molecule has 0 aliphatic heterocycles. The van der Waals surface area contributed by atoms with Crippen molar-refractivity contribution in [1.29, 1.82) is 0 Å². The lowest BCUT2D eigenvalue weighted by Crippen LogP contribution is -2.74. The molecular weight excluding hydrogens is 1420 g/mol. The van der Waals surface area contributed by atoms with Gasteiger partial charge in [-0.1, -0.05) is 381 Å². The zero-order valence-corrected chi connectivity index (χ0v) is 68.7. The fourth-order valence-electron chi connectivity index (χ4n) is 19.6. The predicted molar refractivity (Wildman–Crippen MR) is 496 cm³/mol. The monoisotopic (exact) mass is 1510 g/mol. The van der Waals surface area contributed by atoms with E-state index in [0.717, 1.165) is 34.1 Å². The van der Waals surface area contributed by atoms with Gasteiger partial charge in [0.2, 0.25) is 0 Å². The number of hydrogen-bond donors (Lipinski definition) is 0. The number of aryl methyl sites for hydroxylation is 2. The van der Waals surface area contributed by atoms with Crippen LogP contribution in [-0.4, -0.2) is 16.1 Å². The minimum Gasteiger partial charge on any atom is -0.310 e. The summed E-state index contributed by atoms with van der Waals surface area (Å²) in [7, 11) is -5.45. The second-order valence-electron chi connectivity index (χ2n) is 33.4. The summed E-state index contributed by atoms with van der Waals surface area (Å²) in [6.07, 6.45) is 9.24. The van der Waals surface area contributed by atoms with Crippen molar-refractivity contribution in [3.63, 3.8) is 0 Å². The second-order valence-corrected chi connectivity index (χ2v) is 41.0. The summed E-state index contributed by atoms with van der Waals surface area (Å²) in [6, 6.07) is 147. The van der Waals surface area contributed by atoms with Crippen molar-refractivity contribution < 1.29 is 0 Å². The summed E-state index contributed by atoms with van der Waals surface area (Å²) in [4.78, 5) is 4.90. The number of nitrogens with zero attached hydrogens (tertiary/aromatic N) is 2. The number of fused-ring (bicyclic) bond motifs is 9. The first kappa shape index (κ1) is 72.3. The van der Waals surface area contributed by atoms with Crippen LogP contribution in [0.25, 0.3) is 57.7 Å². The Morgan fingerprint density at radius 1 is 0.191 bits per heavy atom. The van der Waals surface area contributed by atoms with Gasteiger partial charge in [0.15, 0.2) is 16.1 Å². The lowest BCUT2D eigenvalue weighted by Gasteiger charge is -2.35. The standard InChI is InChI=1S/C111H92N2Si2/c1-77-29-27-31-85(69-77)112(83-53-59-95(60-54-83)114(89-33-15-9-16-34-89,90-35-17-10-18-36-90)91-37-19-11-20-38-91)87-57-67-101-99-65-51-81(73-105(99)110(5,6)107(101)75-87)47-45-79-49-63-97-98-64-50-80(72-104(98)109(3,4)103(97)71-79)46-48-82-52-66-100-102-68-58-88(76-108(102)111(7,8)106(100)74-82)113(86-32-28-30-78(2)70-86)84-55-61-96(62-56-84)115(92-39-21-12-22-40-92,93-41-23-13-24-42-93)94-43-25-14-26-44-94/h9-76H,1-8H3. The van der Waals surface area contributed by atoms with Crippen LogP contribution in [0.3, 0.4) is 0 Å². The highest BCUT2D eigenvalue weighted by atomic mass is 28.3. The SMILES string of the molecule is Cc1cccc(N(c2ccc([Si](c3ccccc3)(c3ccccc3)c3ccccc3)cc2)c2ccc3c(c2)C(C)(C)c2cc(C=Cc4ccc5c(c4)C(C)(C)c4cc(C=Cc6ccc7c(c6)C(C)(C)c6cc(N(c8ccc([Si](c9ccccc9)(c9ccccc9)c9ccccc9)cc8)c8cccc(C)c8)ccc6-7)ccc4-5)ccc2-3)c1. The zero-order chi connectivity index (χ0) is 78.2. The quantitative estimate of drug-likeness (QED) is 0.0480. The first-order valence-electron chi connectivity index (χ1n) is 40.6. The molecule has 16 aromatic carbocycles. The topological polar surface area (TPSA) is 6.48 Å². The van der Waals surface area contributed by atoms with Gasteiger partial charge in [-0.05, 0) is 228 Å². The van der Waals surface area contributed by atoms with E-state index in [0.29, 0.717) is 0 Å². The second kappa shape index (κ2) is 28.9. The van der Waals surface area contributed by atoms with Gasteiger partial charge in [-0.25, -0.2) is 0 Å². The van der Waals surface area contributed by atoms with Crippen molar-refractivity contribution >= 4 is 116 Å². The Hall–Kier alpha value is -13.0. The lowest BCUT2D eigenvalue weighted by atomic mass is 9.81. The van der Waals surface area contributed by atoms with Gasteiger partial charge in [-0.3, -0.25) is 0 Å². The highest BCUT2D eigenvalue weighted by molar-refractivity contribution is 7.20. The highest BCUT2D eigenvalue weighted by Crippen LogP contribution is 2.54. The van der Waals surface area contributed by atoms with E-state index in [-0.39, 0.29) is 16.2 Å². The third-order valence-corrected chi connectivity index (χ3v) is 35.0. The first-order valence-corrected chi connectivity index (χ1v) is 44.6. The average Bonchev–Trinajstić information content (AvgIpc) is 1.73. The molecule has 0 fully saturated rings. The van der Waals surface area contributed by atoms with Crippen molar-refractivity contribution in [1.82, 2.24) is 0 Å². The Balaban J connectivity index is 0.566.